The average Bonchev–Trinajstić information content (AvgIpc) is 3.28. The molecule has 0 unspecified atom stereocenters. The number of hydrogen-bond acceptors (Lipinski definition) is 5. The van der Waals surface area contributed by atoms with Gasteiger partial charge in [0.1, 0.15) is 0 Å². The molecule has 0 aliphatic heterocycles. The number of aromatic nitrogens is 3. The van der Waals surface area contributed by atoms with E-state index in [1.807, 2.05) is 74.2 Å². The number of pyridine rings is 1. The van der Waals surface area contributed by atoms with Crippen molar-refractivity contribution < 1.29 is 9.21 Å². The van der Waals surface area contributed by atoms with Crippen LogP contribution in [-0.4, -0.2) is 32.0 Å². The number of benzene rings is 2. The third kappa shape index (κ3) is 4.69. The molecule has 0 radical (unpaired) electrons. The van der Waals surface area contributed by atoms with Gasteiger partial charge in [-0.1, -0.05) is 23.8 Å². The lowest BCUT2D eigenvalue weighted by atomic mass is 10.1. The normalized spacial score (nSPS) is 11.0. The van der Waals surface area contributed by atoms with Gasteiger partial charge in [0.05, 0.1) is 0 Å². The molecule has 1 amide bonds. The van der Waals surface area contributed by atoms with Crippen LogP contribution in [-0.2, 0) is 6.54 Å². The minimum Gasteiger partial charge on any atom is -0.416 e. The number of rotatable bonds is 6. The monoisotopic (exact) mass is 412 g/mol. The minimum absolute atomic E-state index is 0.0312. The Morgan fingerprint density at radius 2 is 1.55 bits per heavy atom. The quantitative estimate of drug-likeness (QED) is 0.437. The molecule has 2 aromatic heterocycles. The smallest absolute Gasteiger partial charge is 0.254 e. The number of nitrogens with zero attached hydrogens (tertiary/aromatic N) is 4. The third-order valence-electron chi connectivity index (χ3n) is 5.06. The van der Waals surface area contributed by atoms with E-state index < -0.39 is 0 Å². The van der Waals surface area contributed by atoms with E-state index in [-0.39, 0.29) is 11.9 Å². The highest BCUT2D eigenvalue weighted by atomic mass is 16.4. The van der Waals surface area contributed by atoms with E-state index in [2.05, 4.69) is 15.2 Å². The molecule has 31 heavy (non-hydrogen) atoms. The summed E-state index contributed by atoms with van der Waals surface area (Å²) < 4.78 is 5.84. The molecule has 0 aliphatic carbocycles. The van der Waals surface area contributed by atoms with Crippen molar-refractivity contribution in [2.45, 2.75) is 33.4 Å². The first-order valence-electron chi connectivity index (χ1n) is 10.2. The maximum absolute atomic E-state index is 13.1. The van der Waals surface area contributed by atoms with Gasteiger partial charge in [-0.3, -0.25) is 9.78 Å². The lowest BCUT2D eigenvalue weighted by Crippen LogP contribution is -2.36. The predicted octanol–water partition coefficient (Wildman–Crippen LogP) is 5.16. The molecule has 2 heterocycles. The summed E-state index contributed by atoms with van der Waals surface area (Å²) in [5, 5.41) is 8.31. The first kappa shape index (κ1) is 20.5. The Morgan fingerprint density at radius 1 is 0.935 bits per heavy atom. The van der Waals surface area contributed by atoms with Crippen molar-refractivity contribution in [3.05, 3.63) is 89.7 Å². The zero-order chi connectivity index (χ0) is 21.8. The van der Waals surface area contributed by atoms with Crippen LogP contribution in [0.5, 0.6) is 0 Å². The Balaban J connectivity index is 1.52. The molecule has 4 aromatic rings. The highest BCUT2D eigenvalue weighted by Gasteiger charge is 2.20. The molecule has 0 saturated heterocycles. The van der Waals surface area contributed by atoms with Gasteiger partial charge in [-0.15, -0.1) is 10.2 Å². The predicted molar refractivity (Wildman–Crippen MR) is 119 cm³/mol. The van der Waals surface area contributed by atoms with Crippen LogP contribution in [0.15, 0.2) is 77.5 Å². The summed E-state index contributed by atoms with van der Waals surface area (Å²) in [6, 6.07) is 19.1. The van der Waals surface area contributed by atoms with Crippen molar-refractivity contribution >= 4 is 5.91 Å². The molecule has 4 rings (SSSR count). The second kappa shape index (κ2) is 8.92. The first-order valence-corrected chi connectivity index (χ1v) is 10.2. The van der Waals surface area contributed by atoms with Gasteiger partial charge >= 0.3 is 0 Å². The van der Waals surface area contributed by atoms with E-state index >= 15 is 0 Å². The van der Waals surface area contributed by atoms with Crippen LogP contribution < -0.4 is 0 Å². The maximum atomic E-state index is 13.1. The summed E-state index contributed by atoms with van der Waals surface area (Å²) in [6.07, 6.45) is 3.51. The van der Waals surface area contributed by atoms with Gasteiger partial charge < -0.3 is 9.32 Å². The molecule has 0 atom stereocenters. The molecule has 0 aliphatic rings. The fourth-order valence-corrected chi connectivity index (χ4v) is 3.25. The molecule has 6 heteroatoms. The molecule has 6 nitrogen and oxygen atoms in total. The molecule has 0 fully saturated rings. The van der Waals surface area contributed by atoms with Gasteiger partial charge in [0.2, 0.25) is 11.8 Å². The van der Waals surface area contributed by atoms with Crippen molar-refractivity contribution in [2.24, 2.45) is 0 Å². The summed E-state index contributed by atoms with van der Waals surface area (Å²) in [5.41, 5.74) is 4.42. The standard InChI is InChI=1S/C25H24N4O2/c1-17(2)29(16-19-5-4-14-26-15-19)25(30)22-12-10-21(11-13-22)24-28-27-23(31-24)20-8-6-18(3)7-9-20/h4-15,17H,16H2,1-3H3. The molecular formula is C25H24N4O2. The summed E-state index contributed by atoms with van der Waals surface area (Å²) in [5.74, 6) is 0.861. The number of aryl methyl sites for hydroxylation is 1. The number of carbonyl (C=O) groups excluding carboxylic acids is 1. The van der Waals surface area contributed by atoms with E-state index in [9.17, 15) is 4.79 Å². The number of hydrogen-bond donors (Lipinski definition) is 0. The van der Waals surface area contributed by atoms with Crippen LogP contribution in [0, 0.1) is 6.92 Å². The molecule has 2 aromatic carbocycles. The van der Waals surface area contributed by atoms with E-state index in [0.29, 0.717) is 23.9 Å². The summed E-state index contributed by atoms with van der Waals surface area (Å²) in [4.78, 5) is 19.1. The molecule has 0 spiro atoms. The lowest BCUT2D eigenvalue weighted by Gasteiger charge is -2.27. The Morgan fingerprint density at radius 3 is 2.10 bits per heavy atom. The van der Waals surface area contributed by atoms with E-state index in [1.165, 1.54) is 5.56 Å². The van der Waals surface area contributed by atoms with Crippen LogP contribution in [0.1, 0.15) is 35.3 Å². The Bertz CT molecular complexity index is 1150. The van der Waals surface area contributed by atoms with Crippen molar-refractivity contribution in [1.82, 2.24) is 20.1 Å². The molecular weight excluding hydrogens is 388 g/mol. The minimum atomic E-state index is -0.0312. The number of carbonyl (C=O) groups is 1. The largest absolute Gasteiger partial charge is 0.416 e. The van der Waals surface area contributed by atoms with E-state index in [1.54, 1.807) is 24.5 Å². The Kier molecular flexibility index (Phi) is 5.89. The van der Waals surface area contributed by atoms with Crippen molar-refractivity contribution in [1.29, 1.82) is 0 Å². The van der Waals surface area contributed by atoms with Gasteiger partial charge in [0.25, 0.3) is 5.91 Å². The fraction of sp³-hybridized carbons (Fsp3) is 0.200. The summed E-state index contributed by atoms with van der Waals surface area (Å²) in [6.45, 7) is 6.56. The van der Waals surface area contributed by atoms with Gasteiger partial charge in [-0.05, 0) is 68.8 Å². The van der Waals surface area contributed by atoms with Crippen molar-refractivity contribution in [2.75, 3.05) is 0 Å². The van der Waals surface area contributed by atoms with Gasteiger partial charge in [-0.25, -0.2) is 0 Å². The molecule has 0 saturated carbocycles. The zero-order valence-electron chi connectivity index (χ0n) is 17.8. The molecule has 0 N–H and O–H groups in total. The Labute approximate surface area is 181 Å². The highest BCUT2D eigenvalue weighted by Crippen LogP contribution is 2.25. The first-order chi connectivity index (χ1) is 15.0. The van der Waals surface area contributed by atoms with Crippen LogP contribution in [0.2, 0.25) is 0 Å². The molecule has 156 valence electrons. The highest BCUT2D eigenvalue weighted by molar-refractivity contribution is 5.94. The van der Waals surface area contributed by atoms with E-state index in [4.69, 9.17) is 4.42 Å². The summed E-state index contributed by atoms with van der Waals surface area (Å²) >= 11 is 0. The van der Waals surface area contributed by atoms with Crippen molar-refractivity contribution in [3.8, 4) is 22.9 Å². The fourth-order valence-electron chi connectivity index (χ4n) is 3.25. The number of amides is 1. The average molecular weight is 412 g/mol. The maximum Gasteiger partial charge on any atom is 0.254 e. The van der Waals surface area contributed by atoms with Gasteiger partial charge in [-0.2, -0.15) is 0 Å². The third-order valence-corrected chi connectivity index (χ3v) is 5.06. The van der Waals surface area contributed by atoms with Crippen LogP contribution in [0.3, 0.4) is 0 Å². The Hall–Kier alpha value is -3.80. The van der Waals surface area contributed by atoms with E-state index in [0.717, 1.165) is 16.7 Å². The van der Waals surface area contributed by atoms with Crippen LogP contribution in [0.4, 0.5) is 0 Å². The topological polar surface area (TPSA) is 72.1 Å². The van der Waals surface area contributed by atoms with Crippen LogP contribution >= 0.6 is 0 Å². The second-order valence-corrected chi connectivity index (χ2v) is 7.74. The van der Waals surface area contributed by atoms with Gasteiger partial charge in [0, 0.05) is 41.7 Å². The van der Waals surface area contributed by atoms with Crippen molar-refractivity contribution in [3.63, 3.8) is 0 Å². The van der Waals surface area contributed by atoms with Crippen LogP contribution in [0.25, 0.3) is 22.9 Å². The zero-order valence-corrected chi connectivity index (χ0v) is 17.8. The SMILES string of the molecule is Cc1ccc(-c2nnc(-c3ccc(C(=O)N(Cc4cccnc4)C(C)C)cc3)o2)cc1. The second-order valence-electron chi connectivity index (χ2n) is 7.74. The molecule has 0 bridgehead atoms. The van der Waals surface area contributed by atoms with Gasteiger partial charge in [0.15, 0.2) is 0 Å². The lowest BCUT2D eigenvalue weighted by molar-refractivity contribution is 0.0690. The summed E-state index contributed by atoms with van der Waals surface area (Å²) in [7, 11) is 0.